The maximum Gasteiger partial charge on any atom is 0.251 e. The summed E-state index contributed by atoms with van der Waals surface area (Å²) < 4.78 is 0. The van der Waals surface area contributed by atoms with Crippen LogP contribution < -0.4 is 16.2 Å². The van der Waals surface area contributed by atoms with Crippen LogP contribution in [0.1, 0.15) is 16.8 Å². The molecule has 0 spiro atoms. The lowest BCUT2D eigenvalue weighted by molar-refractivity contribution is -0.120. The molecule has 142 valence electrons. The van der Waals surface area contributed by atoms with Crippen LogP contribution in [0.15, 0.2) is 46.9 Å². The van der Waals surface area contributed by atoms with Gasteiger partial charge in [-0.25, -0.2) is 4.98 Å². The van der Waals surface area contributed by atoms with Crippen LogP contribution in [-0.4, -0.2) is 34.1 Å². The summed E-state index contributed by atoms with van der Waals surface area (Å²) >= 11 is 1.10. The van der Waals surface area contributed by atoms with E-state index in [9.17, 15) is 14.4 Å². The molecular weight excluding hydrogens is 364 g/mol. The lowest BCUT2D eigenvalue weighted by atomic mass is 10.1. The number of aromatic nitrogens is 2. The van der Waals surface area contributed by atoms with E-state index in [0.717, 1.165) is 28.6 Å². The standard InChI is InChI=1S/C19H22N4O3S/c1-4-7-20-16(24)9-14-10-17(25)23-19(21-14)27-11-18(26)22-15-8-12(2)5-6-13(15)3/h4-6,8,10H,1,7,9,11H2,2-3H3,(H,20,24)(H,22,26)(H,21,23,25). The van der Waals surface area contributed by atoms with Crippen LogP contribution in [0.2, 0.25) is 0 Å². The molecule has 0 saturated heterocycles. The molecule has 2 aromatic rings. The van der Waals surface area contributed by atoms with Crippen LogP contribution in [0.25, 0.3) is 0 Å². The number of thioether (sulfide) groups is 1. The minimum Gasteiger partial charge on any atom is -0.352 e. The molecule has 0 fully saturated rings. The van der Waals surface area contributed by atoms with E-state index >= 15 is 0 Å². The van der Waals surface area contributed by atoms with Gasteiger partial charge in [-0.15, -0.1) is 6.58 Å². The fraction of sp³-hybridized carbons (Fsp3) is 0.263. The first-order valence-electron chi connectivity index (χ1n) is 8.35. The number of hydrogen-bond acceptors (Lipinski definition) is 5. The quantitative estimate of drug-likeness (QED) is 0.366. The van der Waals surface area contributed by atoms with Crippen molar-refractivity contribution in [2.75, 3.05) is 17.6 Å². The number of hydrogen-bond donors (Lipinski definition) is 3. The molecule has 2 rings (SSSR count). The van der Waals surface area contributed by atoms with Crippen LogP contribution >= 0.6 is 11.8 Å². The van der Waals surface area contributed by atoms with Gasteiger partial charge in [0.05, 0.1) is 17.9 Å². The van der Waals surface area contributed by atoms with E-state index < -0.39 is 0 Å². The molecule has 2 amide bonds. The van der Waals surface area contributed by atoms with Crippen molar-refractivity contribution in [2.45, 2.75) is 25.4 Å². The first kappa shape index (κ1) is 20.4. The average Bonchev–Trinajstić information content (AvgIpc) is 2.61. The number of aryl methyl sites for hydroxylation is 2. The Morgan fingerprint density at radius 1 is 1.26 bits per heavy atom. The van der Waals surface area contributed by atoms with Crippen molar-refractivity contribution in [1.29, 1.82) is 0 Å². The lowest BCUT2D eigenvalue weighted by Crippen LogP contribution is -2.26. The summed E-state index contributed by atoms with van der Waals surface area (Å²) in [6, 6.07) is 7.09. The zero-order chi connectivity index (χ0) is 19.8. The Balaban J connectivity index is 1.97. The van der Waals surface area contributed by atoms with Crippen LogP contribution in [0, 0.1) is 13.8 Å². The Morgan fingerprint density at radius 2 is 2.04 bits per heavy atom. The van der Waals surface area contributed by atoms with Crippen LogP contribution in [0.3, 0.4) is 0 Å². The number of amides is 2. The fourth-order valence-corrected chi connectivity index (χ4v) is 2.94. The number of anilines is 1. The largest absolute Gasteiger partial charge is 0.352 e. The second-order valence-corrected chi connectivity index (χ2v) is 6.93. The van der Waals surface area contributed by atoms with Gasteiger partial charge in [0, 0.05) is 18.3 Å². The maximum atomic E-state index is 12.2. The molecule has 27 heavy (non-hydrogen) atoms. The summed E-state index contributed by atoms with van der Waals surface area (Å²) in [7, 11) is 0. The Hall–Kier alpha value is -2.87. The van der Waals surface area contributed by atoms with Gasteiger partial charge in [0.1, 0.15) is 0 Å². The predicted octanol–water partition coefficient (Wildman–Crippen LogP) is 1.96. The molecule has 0 bridgehead atoms. The van der Waals surface area contributed by atoms with Crippen molar-refractivity contribution in [3.63, 3.8) is 0 Å². The lowest BCUT2D eigenvalue weighted by Gasteiger charge is -2.09. The average molecular weight is 386 g/mol. The molecule has 3 N–H and O–H groups in total. The van der Waals surface area contributed by atoms with Gasteiger partial charge in [0.25, 0.3) is 5.56 Å². The number of nitrogens with zero attached hydrogens (tertiary/aromatic N) is 1. The molecule has 0 unspecified atom stereocenters. The summed E-state index contributed by atoms with van der Waals surface area (Å²) in [6.45, 7) is 7.74. The highest BCUT2D eigenvalue weighted by atomic mass is 32.2. The maximum absolute atomic E-state index is 12.2. The Labute approximate surface area is 161 Å². The van der Waals surface area contributed by atoms with Gasteiger partial charge in [-0.3, -0.25) is 14.4 Å². The Kier molecular flexibility index (Phi) is 7.36. The zero-order valence-corrected chi connectivity index (χ0v) is 16.1. The summed E-state index contributed by atoms with van der Waals surface area (Å²) in [5.74, 6) is -0.371. The van der Waals surface area contributed by atoms with Gasteiger partial charge in [-0.05, 0) is 31.0 Å². The third-order valence-corrected chi connectivity index (χ3v) is 4.44. The van der Waals surface area contributed by atoms with E-state index in [1.807, 2.05) is 32.0 Å². The number of benzene rings is 1. The summed E-state index contributed by atoms with van der Waals surface area (Å²) in [4.78, 5) is 42.5. The van der Waals surface area contributed by atoms with Crippen molar-refractivity contribution < 1.29 is 9.59 Å². The highest BCUT2D eigenvalue weighted by Gasteiger charge is 2.10. The van der Waals surface area contributed by atoms with Crippen molar-refractivity contribution in [3.05, 3.63) is 64.1 Å². The van der Waals surface area contributed by atoms with Gasteiger partial charge in [0.2, 0.25) is 11.8 Å². The number of aromatic amines is 1. The topological polar surface area (TPSA) is 104 Å². The van der Waals surface area contributed by atoms with Crippen molar-refractivity contribution in [1.82, 2.24) is 15.3 Å². The Morgan fingerprint density at radius 3 is 2.78 bits per heavy atom. The zero-order valence-electron chi connectivity index (χ0n) is 15.3. The van der Waals surface area contributed by atoms with Crippen molar-refractivity contribution in [3.8, 4) is 0 Å². The van der Waals surface area contributed by atoms with E-state index in [-0.39, 0.29) is 29.5 Å². The van der Waals surface area contributed by atoms with E-state index in [1.165, 1.54) is 6.07 Å². The van der Waals surface area contributed by atoms with E-state index in [4.69, 9.17) is 0 Å². The molecule has 0 atom stereocenters. The highest BCUT2D eigenvalue weighted by molar-refractivity contribution is 7.99. The summed E-state index contributed by atoms with van der Waals surface area (Å²) in [5.41, 5.74) is 2.76. The minimum atomic E-state index is -0.367. The molecule has 0 aliphatic heterocycles. The smallest absolute Gasteiger partial charge is 0.251 e. The van der Waals surface area contributed by atoms with Crippen LogP contribution in [0.5, 0.6) is 0 Å². The molecule has 8 heteroatoms. The molecule has 7 nitrogen and oxygen atoms in total. The van der Waals surface area contributed by atoms with Crippen LogP contribution in [-0.2, 0) is 16.0 Å². The first-order valence-corrected chi connectivity index (χ1v) is 9.33. The van der Waals surface area contributed by atoms with Crippen LogP contribution in [0.4, 0.5) is 5.69 Å². The first-order chi connectivity index (χ1) is 12.9. The second kappa shape index (κ2) is 9.72. The summed E-state index contributed by atoms with van der Waals surface area (Å²) in [6.07, 6.45) is 1.55. The summed E-state index contributed by atoms with van der Waals surface area (Å²) in [5, 5.41) is 5.78. The monoisotopic (exact) mass is 386 g/mol. The van der Waals surface area contributed by atoms with Gasteiger partial charge >= 0.3 is 0 Å². The van der Waals surface area contributed by atoms with E-state index in [0.29, 0.717) is 17.4 Å². The van der Waals surface area contributed by atoms with Gasteiger partial charge in [-0.1, -0.05) is 30.0 Å². The van der Waals surface area contributed by atoms with Crippen molar-refractivity contribution >= 4 is 29.3 Å². The number of carbonyl (C=O) groups is 2. The van der Waals surface area contributed by atoms with Gasteiger partial charge in [-0.2, -0.15) is 0 Å². The molecular formula is C19H22N4O3S. The normalized spacial score (nSPS) is 10.3. The fourth-order valence-electron chi connectivity index (χ4n) is 2.25. The third-order valence-electron chi connectivity index (χ3n) is 3.57. The third kappa shape index (κ3) is 6.74. The number of H-pyrrole nitrogens is 1. The molecule has 1 aromatic carbocycles. The molecule has 0 saturated carbocycles. The molecule has 0 aliphatic carbocycles. The van der Waals surface area contributed by atoms with E-state index in [2.05, 4.69) is 27.2 Å². The predicted molar refractivity (Wildman–Crippen MR) is 107 cm³/mol. The molecule has 1 aromatic heterocycles. The number of rotatable bonds is 8. The number of carbonyl (C=O) groups excluding carboxylic acids is 2. The number of nitrogens with one attached hydrogen (secondary N) is 3. The molecule has 0 aliphatic rings. The van der Waals surface area contributed by atoms with Gasteiger partial charge in [0.15, 0.2) is 5.16 Å². The minimum absolute atomic E-state index is 0.0139. The highest BCUT2D eigenvalue weighted by Crippen LogP contribution is 2.18. The Bertz CT molecular complexity index is 908. The van der Waals surface area contributed by atoms with Gasteiger partial charge < -0.3 is 15.6 Å². The second-order valence-electron chi connectivity index (χ2n) is 5.97. The molecule has 1 heterocycles. The SMILES string of the molecule is C=CCNC(=O)Cc1cc(=O)[nH]c(SCC(=O)Nc2cc(C)ccc2C)n1. The molecule has 0 radical (unpaired) electrons. The van der Waals surface area contributed by atoms with E-state index in [1.54, 1.807) is 6.08 Å². The van der Waals surface area contributed by atoms with Crippen molar-refractivity contribution in [2.24, 2.45) is 0 Å².